The number of hydrogen-bond donors (Lipinski definition) is 0. The molecule has 0 fully saturated rings. The van der Waals surface area contributed by atoms with Crippen LogP contribution in [0.1, 0.15) is 25.7 Å². The Morgan fingerprint density at radius 2 is 1.47 bits per heavy atom. The monoisotopic (exact) mass is 314 g/mol. The molecule has 1 aromatic rings. The maximum atomic E-state index is 5.99. The molecule has 1 rings (SSSR count). The average molecular weight is 316 g/mol. The third kappa shape index (κ3) is 5.56. The summed E-state index contributed by atoms with van der Waals surface area (Å²) in [5.74, 6) is 1.23. The van der Waals surface area contributed by atoms with E-state index in [9.17, 15) is 0 Å². The van der Waals surface area contributed by atoms with Crippen molar-refractivity contribution in [3.05, 3.63) is 27.2 Å². The third-order valence-corrected chi connectivity index (χ3v) is 3.28. The first-order chi connectivity index (χ1) is 8.15. The third-order valence-electron chi connectivity index (χ3n) is 2.24. The van der Waals surface area contributed by atoms with Gasteiger partial charge in [-0.2, -0.15) is 0 Å². The molecule has 0 bridgehead atoms. The van der Waals surface area contributed by atoms with E-state index in [4.69, 9.17) is 51.1 Å². The normalized spacial score (nSPS) is 10.6. The second-order valence-corrected chi connectivity index (χ2v) is 5.28. The molecule has 1 nitrogen and oxygen atoms in total. The summed E-state index contributed by atoms with van der Waals surface area (Å²) in [6.45, 7) is 0.601. The van der Waals surface area contributed by atoms with Crippen LogP contribution in [-0.4, -0.2) is 12.5 Å². The summed E-state index contributed by atoms with van der Waals surface area (Å²) in [5, 5.41) is 1.40. The van der Waals surface area contributed by atoms with E-state index < -0.39 is 0 Å². The number of alkyl halides is 1. The molecule has 0 saturated carbocycles. The zero-order chi connectivity index (χ0) is 12.7. The van der Waals surface area contributed by atoms with E-state index in [0.29, 0.717) is 27.4 Å². The lowest BCUT2D eigenvalue weighted by atomic mass is 10.2. The van der Waals surface area contributed by atoms with Crippen LogP contribution < -0.4 is 4.74 Å². The van der Waals surface area contributed by atoms with E-state index in [2.05, 4.69) is 0 Å². The molecule has 0 spiro atoms. The molecule has 0 unspecified atom stereocenters. The van der Waals surface area contributed by atoms with Gasteiger partial charge in [0.15, 0.2) is 5.75 Å². The molecule has 0 aromatic heterocycles. The van der Waals surface area contributed by atoms with Crippen molar-refractivity contribution in [3.8, 4) is 5.75 Å². The second-order valence-electron chi connectivity index (χ2n) is 3.65. The van der Waals surface area contributed by atoms with Gasteiger partial charge in [0.05, 0.1) is 16.7 Å². The van der Waals surface area contributed by atoms with Gasteiger partial charge in [0, 0.05) is 10.9 Å². The molecule has 0 aliphatic carbocycles. The highest BCUT2D eigenvalue weighted by molar-refractivity contribution is 6.40. The van der Waals surface area contributed by atoms with Crippen LogP contribution in [0.3, 0.4) is 0 Å². The van der Waals surface area contributed by atoms with E-state index in [1.54, 1.807) is 12.1 Å². The molecule has 5 heteroatoms. The fraction of sp³-hybridized carbons (Fsp3) is 0.500. The number of hydrogen-bond acceptors (Lipinski definition) is 1. The number of halogens is 4. The van der Waals surface area contributed by atoms with E-state index in [1.807, 2.05) is 0 Å². The minimum absolute atomic E-state index is 0.447. The Balaban J connectivity index is 2.36. The predicted octanol–water partition coefficient (Wildman–Crippen LogP) is 5.82. The highest BCUT2D eigenvalue weighted by Crippen LogP contribution is 2.35. The summed E-state index contributed by atoms with van der Waals surface area (Å²) in [6, 6.07) is 3.25. The number of ether oxygens (including phenoxy) is 1. The summed E-state index contributed by atoms with van der Waals surface area (Å²) >= 11 is 23.4. The van der Waals surface area contributed by atoms with Gasteiger partial charge < -0.3 is 4.74 Å². The van der Waals surface area contributed by atoms with Crippen molar-refractivity contribution >= 4 is 46.4 Å². The number of rotatable bonds is 7. The Kier molecular flexibility index (Phi) is 7.45. The standard InChI is InChI=1S/C12H14Cl4O/c13-5-3-1-2-4-6-17-12-10(15)7-9(14)8-11(12)16/h7-8H,1-6H2. The smallest absolute Gasteiger partial charge is 0.156 e. The van der Waals surface area contributed by atoms with Gasteiger partial charge >= 0.3 is 0 Å². The zero-order valence-electron chi connectivity index (χ0n) is 9.32. The number of benzene rings is 1. The molecule has 0 heterocycles. The van der Waals surface area contributed by atoms with Gasteiger partial charge in [-0.3, -0.25) is 0 Å². The first-order valence-electron chi connectivity index (χ1n) is 5.48. The molecular formula is C12H14Cl4O. The summed E-state index contributed by atoms with van der Waals surface area (Å²) in [7, 11) is 0. The zero-order valence-corrected chi connectivity index (χ0v) is 12.3. The van der Waals surface area contributed by atoms with Crippen molar-refractivity contribution in [3.63, 3.8) is 0 Å². The lowest BCUT2D eigenvalue weighted by molar-refractivity contribution is 0.305. The lowest BCUT2D eigenvalue weighted by Crippen LogP contribution is -1.98. The van der Waals surface area contributed by atoms with Crippen molar-refractivity contribution in [2.24, 2.45) is 0 Å². The molecule has 0 radical (unpaired) electrons. The number of unbranched alkanes of at least 4 members (excludes halogenated alkanes) is 3. The molecule has 1 aromatic carbocycles. The Morgan fingerprint density at radius 1 is 0.882 bits per heavy atom. The Bertz CT molecular complexity index is 331. The van der Waals surface area contributed by atoms with Crippen LogP contribution in [0.15, 0.2) is 12.1 Å². The SMILES string of the molecule is ClCCCCCCOc1c(Cl)cc(Cl)cc1Cl. The maximum absolute atomic E-state index is 5.99. The van der Waals surface area contributed by atoms with Gasteiger partial charge in [-0.1, -0.05) is 47.6 Å². The van der Waals surface area contributed by atoms with Crippen LogP contribution in [0.25, 0.3) is 0 Å². The first kappa shape index (κ1) is 15.2. The van der Waals surface area contributed by atoms with Gasteiger partial charge in [0.2, 0.25) is 0 Å². The molecule has 0 saturated heterocycles. The fourth-order valence-corrected chi connectivity index (χ4v) is 2.51. The van der Waals surface area contributed by atoms with Crippen LogP contribution in [0.2, 0.25) is 15.1 Å². The van der Waals surface area contributed by atoms with E-state index in [-0.39, 0.29) is 0 Å². The van der Waals surface area contributed by atoms with Crippen LogP contribution in [0.5, 0.6) is 5.75 Å². The summed E-state index contributed by atoms with van der Waals surface area (Å²) in [6.07, 6.45) is 4.22. The average Bonchev–Trinajstić information content (AvgIpc) is 2.26. The van der Waals surface area contributed by atoms with Crippen LogP contribution >= 0.6 is 46.4 Å². The predicted molar refractivity (Wildman–Crippen MR) is 76.2 cm³/mol. The maximum Gasteiger partial charge on any atom is 0.156 e. The molecule has 0 aliphatic rings. The van der Waals surface area contributed by atoms with Gasteiger partial charge in [-0.25, -0.2) is 0 Å². The highest BCUT2D eigenvalue weighted by atomic mass is 35.5. The van der Waals surface area contributed by atoms with Crippen LogP contribution in [0.4, 0.5) is 0 Å². The molecule has 0 aliphatic heterocycles. The van der Waals surface area contributed by atoms with Gasteiger partial charge in [0.25, 0.3) is 0 Å². The summed E-state index contributed by atoms with van der Waals surface area (Å²) in [5.41, 5.74) is 0. The van der Waals surface area contributed by atoms with Crippen molar-refractivity contribution in [1.82, 2.24) is 0 Å². The van der Waals surface area contributed by atoms with Gasteiger partial charge in [-0.15, -0.1) is 11.6 Å². The van der Waals surface area contributed by atoms with Crippen molar-refractivity contribution in [2.75, 3.05) is 12.5 Å². The van der Waals surface area contributed by atoms with Crippen molar-refractivity contribution < 1.29 is 4.74 Å². The Morgan fingerprint density at radius 3 is 2.06 bits per heavy atom. The largest absolute Gasteiger partial charge is 0.490 e. The Labute approximate surface area is 122 Å². The van der Waals surface area contributed by atoms with Crippen molar-refractivity contribution in [2.45, 2.75) is 25.7 Å². The fourth-order valence-electron chi connectivity index (χ4n) is 1.39. The molecular weight excluding hydrogens is 302 g/mol. The lowest BCUT2D eigenvalue weighted by Gasteiger charge is -2.10. The van der Waals surface area contributed by atoms with Gasteiger partial charge in [-0.05, 0) is 25.0 Å². The highest BCUT2D eigenvalue weighted by Gasteiger charge is 2.08. The first-order valence-corrected chi connectivity index (χ1v) is 7.15. The minimum atomic E-state index is 0.447. The van der Waals surface area contributed by atoms with Gasteiger partial charge in [0.1, 0.15) is 0 Å². The Hall–Kier alpha value is 0.180. The summed E-state index contributed by atoms with van der Waals surface area (Å²) in [4.78, 5) is 0. The van der Waals surface area contributed by atoms with E-state index in [1.165, 1.54) is 0 Å². The minimum Gasteiger partial charge on any atom is -0.490 e. The van der Waals surface area contributed by atoms with Crippen LogP contribution in [0, 0.1) is 0 Å². The second kappa shape index (κ2) is 8.31. The summed E-state index contributed by atoms with van der Waals surface area (Å²) < 4.78 is 5.55. The van der Waals surface area contributed by atoms with E-state index >= 15 is 0 Å². The quantitative estimate of drug-likeness (QED) is 0.454. The molecule has 0 atom stereocenters. The molecule has 96 valence electrons. The van der Waals surface area contributed by atoms with E-state index in [0.717, 1.165) is 31.6 Å². The molecule has 0 N–H and O–H groups in total. The van der Waals surface area contributed by atoms with Crippen molar-refractivity contribution in [1.29, 1.82) is 0 Å². The molecule has 17 heavy (non-hydrogen) atoms. The molecule has 0 amide bonds. The topological polar surface area (TPSA) is 9.23 Å². The van der Waals surface area contributed by atoms with Crippen LogP contribution in [-0.2, 0) is 0 Å².